The number of esters is 2. The van der Waals surface area contributed by atoms with E-state index in [1.54, 1.807) is 13.8 Å². The number of carbonyl (C=O) groups excluding carboxylic acids is 2. The van der Waals surface area contributed by atoms with E-state index in [0.29, 0.717) is 0 Å². The Morgan fingerprint density at radius 1 is 1.16 bits per heavy atom. The lowest BCUT2D eigenvalue weighted by molar-refractivity contribution is -0.171. The summed E-state index contributed by atoms with van der Waals surface area (Å²) in [7, 11) is 0. The molecule has 0 heterocycles. The molecule has 25 heavy (non-hydrogen) atoms. The van der Waals surface area contributed by atoms with Crippen molar-refractivity contribution < 1.29 is 19.1 Å². The van der Waals surface area contributed by atoms with Gasteiger partial charge in [0.25, 0.3) is 0 Å². The largest absolute Gasteiger partial charge is 0.465 e. The Morgan fingerprint density at radius 2 is 1.76 bits per heavy atom. The minimum atomic E-state index is -1.57. The number of carbonyl (C=O) groups is 2. The Balaban J connectivity index is 3.16. The standard InChI is InChI=1S/C21H26O4/c1-5-15-21(19(22)24-7-3,20(23)25-8-4)16-11-14-18-13-10-9-12-17(18)6-2/h1,6H,2,7-10,12-13,15-16H2,3-4H3. The first kappa shape index (κ1) is 20.6. The molecule has 0 amide bonds. The Hall–Kier alpha value is -2.46. The molecule has 0 radical (unpaired) electrons. The van der Waals surface area contributed by atoms with Crippen molar-refractivity contribution in [3.63, 3.8) is 0 Å². The highest BCUT2D eigenvalue weighted by atomic mass is 16.6. The van der Waals surface area contributed by atoms with E-state index in [1.165, 1.54) is 0 Å². The van der Waals surface area contributed by atoms with Crippen molar-refractivity contribution in [2.45, 2.75) is 52.4 Å². The second kappa shape index (κ2) is 10.4. The lowest BCUT2D eigenvalue weighted by atomic mass is 9.81. The van der Waals surface area contributed by atoms with Crippen LogP contribution in [0.25, 0.3) is 0 Å². The van der Waals surface area contributed by atoms with Gasteiger partial charge in [0.1, 0.15) is 0 Å². The molecule has 0 fully saturated rings. The van der Waals surface area contributed by atoms with Crippen LogP contribution < -0.4 is 0 Å². The summed E-state index contributed by atoms with van der Waals surface area (Å²) in [6.07, 6.45) is 11.1. The van der Waals surface area contributed by atoms with E-state index >= 15 is 0 Å². The molecule has 0 unspecified atom stereocenters. The number of ether oxygens (including phenoxy) is 2. The van der Waals surface area contributed by atoms with E-state index in [4.69, 9.17) is 15.9 Å². The maximum Gasteiger partial charge on any atom is 0.325 e. The molecule has 1 aliphatic rings. The maximum atomic E-state index is 12.5. The van der Waals surface area contributed by atoms with Crippen LogP contribution in [0.2, 0.25) is 0 Å². The van der Waals surface area contributed by atoms with Crippen LogP contribution in [0.5, 0.6) is 0 Å². The van der Waals surface area contributed by atoms with E-state index in [-0.39, 0.29) is 26.1 Å². The van der Waals surface area contributed by atoms with Crippen LogP contribution in [0.1, 0.15) is 52.4 Å². The van der Waals surface area contributed by atoms with Crippen molar-refractivity contribution in [1.29, 1.82) is 0 Å². The van der Waals surface area contributed by atoms with Gasteiger partial charge in [-0.05, 0) is 45.1 Å². The van der Waals surface area contributed by atoms with E-state index in [2.05, 4.69) is 24.3 Å². The fraction of sp³-hybridized carbons (Fsp3) is 0.524. The average molecular weight is 342 g/mol. The maximum absolute atomic E-state index is 12.5. The Kier molecular flexibility index (Phi) is 8.57. The molecule has 0 aromatic carbocycles. The third-order valence-electron chi connectivity index (χ3n) is 4.12. The summed E-state index contributed by atoms with van der Waals surface area (Å²) in [5, 5.41) is 0. The van der Waals surface area contributed by atoms with Crippen molar-refractivity contribution in [3.05, 3.63) is 23.8 Å². The van der Waals surface area contributed by atoms with Gasteiger partial charge in [0, 0.05) is 18.4 Å². The topological polar surface area (TPSA) is 52.6 Å². The minimum Gasteiger partial charge on any atom is -0.465 e. The predicted molar refractivity (Wildman–Crippen MR) is 97.2 cm³/mol. The molecule has 1 aliphatic carbocycles. The first-order valence-electron chi connectivity index (χ1n) is 8.66. The molecule has 1 rings (SSSR count). The zero-order valence-corrected chi connectivity index (χ0v) is 15.2. The second-order valence-corrected chi connectivity index (χ2v) is 5.80. The van der Waals surface area contributed by atoms with Crippen molar-refractivity contribution in [2.75, 3.05) is 13.2 Å². The van der Waals surface area contributed by atoms with Crippen molar-refractivity contribution in [2.24, 2.45) is 5.41 Å². The molecule has 0 saturated carbocycles. The fourth-order valence-corrected chi connectivity index (χ4v) is 2.75. The van der Waals surface area contributed by atoms with Crippen LogP contribution in [-0.4, -0.2) is 25.2 Å². The van der Waals surface area contributed by atoms with Crippen molar-refractivity contribution in [3.8, 4) is 24.2 Å². The molecule has 0 aromatic rings. The van der Waals surface area contributed by atoms with Gasteiger partial charge in [-0.2, -0.15) is 0 Å². The van der Waals surface area contributed by atoms with E-state index < -0.39 is 17.4 Å². The lowest BCUT2D eigenvalue weighted by Crippen LogP contribution is -2.41. The van der Waals surface area contributed by atoms with Crippen LogP contribution >= 0.6 is 0 Å². The number of hydrogen-bond acceptors (Lipinski definition) is 4. The molecular formula is C21H26O4. The zero-order chi connectivity index (χ0) is 18.7. The number of terminal acetylenes is 1. The fourth-order valence-electron chi connectivity index (χ4n) is 2.75. The highest BCUT2D eigenvalue weighted by Gasteiger charge is 2.48. The molecule has 0 spiro atoms. The summed E-state index contributed by atoms with van der Waals surface area (Å²) in [5.41, 5.74) is 0.578. The summed E-state index contributed by atoms with van der Waals surface area (Å²) in [6.45, 7) is 7.50. The van der Waals surface area contributed by atoms with Gasteiger partial charge in [-0.1, -0.05) is 24.5 Å². The minimum absolute atomic E-state index is 0.0250. The van der Waals surface area contributed by atoms with Gasteiger partial charge < -0.3 is 9.47 Å². The molecule has 134 valence electrons. The molecule has 0 bridgehead atoms. The van der Waals surface area contributed by atoms with Gasteiger partial charge in [0.05, 0.1) is 13.2 Å². The summed E-state index contributed by atoms with van der Waals surface area (Å²) in [5.74, 6) is 7.12. The molecular weight excluding hydrogens is 316 g/mol. The average Bonchev–Trinajstić information content (AvgIpc) is 2.61. The molecule has 0 aromatic heterocycles. The first-order valence-corrected chi connectivity index (χ1v) is 8.66. The highest BCUT2D eigenvalue weighted by molar-refractivity contribution is 6.00. The SMILES string of the molecule is C#CCC(CC#CC1=C(C=C)CCCC1)(C(=O)OCC)C(=O)OCC. The van der Waals surface area contributed by atoms with Crippen LogP contribution in [0.3, 0.4) is 0 Å². The molecule has 4 nitrogen and oxygen atoms in total. The summed E-state index contributed by atoms with van der Waals surface area (Å²) >= 11 is 0. The van der Waals surface area contributed by atoms with Gasteiger partial charge in [-0.25, -0.2) is 0 Å². The first-order chi connectivity index (χ1) is 12.1. The van der Waals surface area contributed by atoms with Crippen molar-refractivity contribution in [1.82, 2.24) is 0 Å². The summed E-state index contributed by atoms with van der Waals surface area (Å²) in [4.78, 5) is 24.9. The Labute approximate surface area is 150 Å². The number of hydrogen-bond donors (Lipinski definition) is 0. The molecule has 4 heteroatoms. The normalized spacial score (nSPS) is 14.0. The quantitative estimate of drug-likeness (QED) is 0.403. The zero-order valence-electron chi connectivity index (χ0n) is 15.2. The van der Waals surface area contributed by atoms with E-state index in [0.717, 1.165) is 36.8 Å². The Bertz CT molecular complexity index is 619. The van der Waals surface area contributed by atoms with Crippen molar-refractivity contribution >= 4 is 11.9 Å². The molecule has 0 aliphatic heterocycles. The third kappa shape index (κ3) is 5.26. The molecule has 0 atom stereocenters. The van der Waals surface area contributed by atoms with Gasteiger partial charge >= 0.3 is 11.9 Å². The highest BCUT2D eigenvalue weighted by Crippen LogP contribution is 2.31. The van der Waals surface area contributed by atoms with Crippen LogP contribution in [0.15, 0.2) is 23.8 Å². The predicted octanol–water partition coefficient (Wildman–Crippen LogP) is 3.57. The lowest BCUT2D eigenvalue weighted by Gasteiger charge is -2.25. The second-order valence-electron chi connectivity index (χ2n) is 5.80. The van der Waals surface area contributed by atoms with Crippen LogP contribution in [0.4, 0.5) is 0 Å². The summed E-state index contributed by atoms with van der Waals surface area (Å²) in [6, 6.07) is 0. The monoisotopic (exact) mass is 342 g/mol. The summed E-state index contributed by atoms with van der Waals surface area (Å²) < 4.78 is 10.2. The van der Waals surface area contributed by atoms with Gasteiger partial charge in [0.2, 0.25) is 0 Å². The van der Waals surface area contributed by atoms with E-state index in [9.17, 15) is 9.59 Å². The smallest absolute Gasteiger partial charge is 0.325 e. The van der Waals surface area contributed by atoms with E-state index in [1.807, 2.05) is 6.08 Å². The van der Waals surface area contributed by atoms with Crippen LogP contribution in [-0.2, 0) is 19.1 Å². The molecule has 0 saturated heterocycles. The van der Waals surface area contributed by atoms with Gasteiger partial charge in [-0.3, -0.25) is 9.59 Å². The molecule has 0 N–H and O–H groups in total. The third-order valence-corrected chi connectivity index (χ3v) is 4.12. The Morgan fingerprint density at radius 3 is 2.28 bits per heavy atom. The van der Waals surface area contributed by atoms with Gasteiger partial charge in [-0.15, -0.1) is 12.3 Å². The number of allylic oxidation sites excluding steroid dienone is 3. The van der Waals surface area contributed by atoms with Gasteiger partial charge in [0.15, 0.2) is 5.41 Å². The van der Waals surface area contributed by atoms with Crippen LogP contribution in [0, 0.1) is 29.6 Å². The number of rotatable bonds is 7.